The Morgan fingerprint density at radius 2 is 1.78 bits per heavy atom. The van der Waals surface area contributed by atoms with Crippen molar-refractivity contribution in [2.24, 2.45) is 0 Å². The van der Waals surface area contributed by atoms with Crippen molar-refractivity contribution in [1.29, 1.82) is 0 Å². The number of methoxy groups -OCH3 is 2. The second-order valence-electron chi connectivity index (χ2n) is 6.64. The minimum atomic E-state index is -0.892. The zero-order valence-electron chi connectivity index (χ0n) is 17.7. The zero-order valence-corrected chi connectivity index (χ0v) is 18.5. The number of nitrogens with one attached hydrogen (secondary N) is 2. The molecule has 168 valence electrons. The number of hydrogen-bond donors (Lipinski definition) is 2. The average Bonchev–Trinajstić information content (AvgIpc) is 3.26. The molecular weight excluding hydrogens is 437 g/mol. The second kappa shape index (κ2) is 10.6. The van der Waals surface area contributed by atoms with Crippen molar-refractivity contribution in [2.45, 2.75) is 19.4 Å². The summed E-state index contributed by atoms with van der Waals surface area (Å²) in [4.78, 5) is 28.8. The Morgan fingerprint density at radius 1 is 1.06 bits per heavy atom. The van der Waals surface area contributed by atoms with Gasteiger partial charge in [-0.25, -0.2) is 9.37 Å². The van der Waals surface area contributed by atoms with E-state index in [1.165, 1.54) is 42.5 Å². The summed E-state index contributed by atoms with van der Waals surface area (Å²) in [7, 11) is 3.12. The number of thiazole rings is 1. The molecule has 2 amide bonds. The van der Waals surface area contributed by atoms with Crippen LogP contribution in [0.25, 0.3) is 10.6 Å². The fourth-order valence-electron chi connectivity index (χ4n) is 2.70. The molecule has 0 aliphatic carbocycles. The van der Waals surface area contributed by atoms with Crippen LogP contribution < -0.4 is 25.1 Å². The molecule has 2 aromatic carbocycles. The SMILES string of the molecule is COc1ccc(-c2nc(CC(=O)NNC(=O)C(C)Oc3ccc(F)cc3)cs2)cc1OC. The molecule has 1 aromatic heterocycles. The number of rotatable bonds is 8. The lowest BCUT2D eigenvalue weighted by Crippen LogP contribution is -2.47. The summed E-state index contributed by atoms with van der Waals surface area (Å²) in [6.07, 6.45) is -0.909. The third kappa shape index (κ3) is 5.94. The zero-order chi connectivity index (χ0) is 23.1. The molecule has 0 aliphatic heterocycles. The van der Waals surface area contributed by atoms with Crippen molar-refractivity contribution in [1.82, 2.24) is 15.8 Å². The lowest BCUT2D eigenvalue weighted by molar-refractivity contribution is -0.132. The maximum absolute atomic E-state index is 12.9. The Labute approximate surface area is 188 Å². The number of amides is 2. The normalized spacial score (nSPS) is 11.4. The largest absolute Gasteiger partial charge is 0.493 e. The number of ether oxygens (including phenoxy) is 3. The van der Waals surface area contributed by atoms with Crippen LogP contribution in [0.3, 0.4) is 0 Å². The summed E-state index contributed by atoms with van der Waals surface area (Å²) in [5.74, 6) is 0.145. The molecule has 1 heterocycles. The third-order valence-electron chi connectivity index (χ3n) is 4.34. The first-order valence-corrected chi connectivity index (χ1v) is 10.4. The molecule has 3 aromatic rings. The van der Waals surface area contributed by atoms with E-state index in [0.717, 1.165) is 10.6 Å². The fraction of sp³-hybridized carbons (Fsp3) is 0.227. The number of hydrazine groups is 1. The number of carbonyl (C=O) groups is 2. The molecule has 0 radical (unpaired) electrons. The molecule has 1 unspecified atom stereocenters. The van der Waals surface area contributed by atoms with Crippen LogP contribution in [0, 0.1) is 5.82 Å². The molecule has 0 saturated heterocycles. The smallest absolute Gasteiger partial charge is 0.279 e. The van der Waals surface area contributed by atoms with Crippen LogP contribution in [0.1, 0.15) is 12.6 Å². The molecule has 0 saturated carbocycles. The lowest BCUT2D eigenvalue weighted by atomic mass is 10.2. The molecule has 8 nitrogen and oxygen atoms in total. The first-order valence-electron chi connectivity index (χ1n) is 9.57. The van der Waals surface area contributed by atoms with E-state index in [4.69, 9.17) is 14.2 Å². The average molecular weight is 459 g/mol. The standard InChI is InChI=1S/C22H22FN3O5S/c1-13(31-17-7-5-15(23)6-8-17)21(28)26-25-20(27)11-16-12-32-22(24-16)14-4-9-18(29-2)19(10-14)30-3/h4-10,12-13H,11H2,1-3H3,(H,25,27)(H,26,28). The molecule has 32 heavy (non-hydrogen) atoms. The van der Waals surface area contributed by atoms with Crippen LogP contribution in [0.2, 0.25) is 0 Å². The molecule has 0 bridgehead atoms. The summed E-state index contributed by atoms with van der Waals surface area (Å²) in [6, 6.07) is 10.7. The van der Waals surface area contributed by atoms with E-state index in [1.807, 2.05) is 12.1 Å². The maximum Gasteiger partial charge on any atom is 0.279 e. The van der Waals surface area contributed by atoms with Crippen molar-refractivity contribution in [3.8, 4) is 27.8 Å². The van der Waals surface area contributed by atoms with E-state index in [9.17, 15) is 14.0 Å². The predicted molar refractivity (Wildman–Crippen MR) is 117 cm³/mol. The minimum absolute atomic E-state index is 0.0166. The van der Waals surface area contributed by atoms with Crippen molar-refractivity contribution in [3.05, 3.63) is 59.4 Å². The number of benzene rings is 2. The number of aromatic nitrogens is 1. The number of halogens is 1. The number of hydrogen-bond acceptors (Lipinski definition) is 7. The Bertz CT molecular complexity index is 1090. The summed E-state index contributed by atoms with van der Waals surface area (Å²) in [6.45, 7) is 1.51. The molecule has 0 aliphatic rings. The van der Waals surface area contributed by atoms with Gasteiger partial charge < -0.3 is 14.2 Å². The number of carbonyl (C=O) groups excluding carboxylic acids is 2. The highest BCUT2D eigenvalue weighted by Gasteiger charge is 2.16. The number of nitrogens with zero attached hydrogens (tertiary/aromatic N) is 1. The highest BCUT2D eigenvalue weighted by atomic mass is 32.1. The van der Waals surface area contributed by atoms with Gasteiger partial charge in [0.1, 0.15) is 16.6 Å². The van der Waals surface area contributed by atoms with Crippen molar-refractivity contribution in [3.63, 3.8) is 0 Å². The summed E-state index contributed by atoms with van der Waals surface area (Å²) >= 11 is 1.39. The summed E-state index contributed by atoms with van der Waals surface area (Å²) < 4.78 is 28.9. The van der Waals surface area contributed by atoms with Gasteiger partial charge in [-0.3, -0.25) is 20.4 Å². The van der Waals surface area contributed by atoms with Gasteiger partial charge in [-0.2, -0.15) is 0 Å². The van der Waals surface area contributed by atoms with Gasteiger partial charge in [0.05, 0.1) is 26.3 Å². The van der Waals surface area contributed by atoms with Gasteiger partial charge in [-0.05, 0) is 49.4 Å². The molecule has 0 fully saturated rings. The highest BCUT2D eigenvalue weighted by molar-refractivity contribution is 7.13. The van der Waals surface area contributed by atoms with Gasteiger partial charge in [0.2, 0.25) is 5.91 Å². The highest BCUT2D eigenvalue weighted by Crippen LogP contribution is 2.33. The van der Waals surface area contributed by atoms with E-state index < -0.39 is 23.7 Å². The minimum Gasteiger partial charge on any atom is -0.493 e. The van der Waals surface area contributed by atoms with Crippen molar-refractivity contribution >= 4 is 23.2 Å². The molecule has 1 atom stereocenters. The van der Waals surface area contributed by atoms with Crippen LogP contribution >= 0.6 is 11.3 Å². The lowest BCUT2D eigenvalue weighted by Gasteiger charge is -2.15. The Kier molecular flexibility index (Phi) is 7.61. The molecule has 3 rings (SSSR count). The topological polar surface area (TPSA) is 98.8 Å². The van der Waals surface area contributed by atoms with Crippen LogP contribution in [0.5, 0.6) is 17.2 Å². The van der Waals surface area contributed by atoms with Gasteiger partial charge in [0.25, 0.3) is 5.91 Å². The van der Waals surface area contributed by atoms with Gasteiger partial charge in [0, 0.05) is 10.9 Å². The Hall–Kier alpha value is -3.66. The van der Waals surface area contributed by atoms with Gasteiger partial charge in [0.15, 0.2) is 17.6 Å². The van der Waals surface area contributed by atoms with E-state index in [2.05, 4.69) is 15.8 Å². The Morgan fingerprint density at radius 3 is 2.47 bits per heavy atom. The van der Waals surface area contributed by atoms with Gasteiger partial charge >= 0.3 is 0 Å². The second-order valence-corrected chi connectivity index (χ2v) is 7.50. The first kappa shape index (κ1) is 23.0. The Balaban J connectivity index is 1.51. The summed E-state index contributed by atoms with van der Waals surface area (Å²) in [5, 5.41) is 2.49. The van der Waals surface area contributed by atoms with Gasteiger partial charge in [-0.15, -0.1) is 11.3 Å². The first-order chi connectivity index (χ1) is 15.4. The van der Waals surface area contributed by atoms with Crippen molar-refractivity contribution in [2.75, 3.05) is 14.2 Å². The predicted octanol–water partition coefficient (Wildman–Crippen LogP) is 3.12. The van der Waals surface area contributed by atoms with E-state index in [1.54, 1.807) is 25.7 Å². The van der Waals surface area contributed by atoms with Crippen molar-refractivity contribution < 1.29 is 28.2 Å². The van der Waals surface area contributed by atoms with Gasteiger partial charge in [-0.1, -0.05) is 0 Å². The van der Waals surface area contributed by atoms with E-state index >= 15 is 0 Å². The molecule has 10 heteroatoms. The van der Waals surface area contributed by atoms with Crippen LogP contribution in [-0.4, -0.2) is 37.1 Å². The third-order valence-corrected chi connectivity index (χ3v) is 5.28. The molecule has 0 spiro atoms. The fourth-order valence-corrected chi connectivity index (χ4v) is 3.52. The molecule has 2 N–H and O–H groups in total. The molecular formula is C22H22FN3O5S. The van der Waals surface area contributed by atoms with Crippen LogP contribution in [0.15, 0.2) is 47.8 Å². The van der Waals surface area contributed by atoms with Crippen LogP contribution in [0.4, 0.5) is 4.39 Å². The monoisotopic (exact) mass is 459 g/mol. The summed E-state index contributed by atoms with van der Waals surface area (Å²) in [5.41, 5.74) is 6.04. The van der Waals surface area contributed by atoms with E-state index in [0.29, 0.717) is 22.9 Å². The quantitative estimate of drug-likeness (QED) is 0.502. The maximum atomic E-state index is 12.9. The van der Waals surface area contributed by atoms with Crippen LogP contribution in [-0.2, 0) is 16.0 Å². The van der Waals surface area contributed by atoms with E-state index in [-0.39, 0.29) is 6.42 Å².